The lowest BCUT2D eigenvalue weighted by Crippen LogP contribution is -2.21. The van der Waals surface area contributed by atoms with Gasteiger partial charge in [0, 0.05) is 17.3 Å². The van der Waals surface area contributed by atoms with Crippen molar-refractivity contribution in [3.8, 4) is 5.69 Å². The SMILES string of the molecule is O=c1c2c3nc4ccccc4nc3n(-c3ccc(Cl)cc3)c2ncn1CCc1ccccc1. The van der Waals surface area contributed by atoms with E-state index in [1.165, 1.54) is 5.56 Å². The van der Waals surface area contributed by atoms with Gasteiger partial charge in [-0.25, -0.2) is 15.0 Å². The van der Waals surface area contributed by atoms with Crippen LogP contribution in [0.25, 0.3) is 38.9 Å². The highest BCUT2D eigenvalue weighted by Gasteiger charge is 2.20. The number of halogens is 1. The molecule has 0 aliphatic rings. The normalized spacial score (nSPS) is 11.5. The highest BCUT2D eigenvalue weighted by Crippen LogP contribution is 2.28. The van der Waals surface area contributed by atoms with Crippen molar-refractivity contribution in [2.75, 3.05) is 0 Å². The Labute approximate surface area is 193 Å². The molecular weight excluding hydrogens is 434 g/mol. The van der Waals surface area contributed by atoms with Gasteiger partial charge in [0.15, 0.2) is 11.3 Å². The van der Waals surface area contributed by atoms with E-state index in [2.05, 4.69) is 12.1 Å². The summed E-state index contributed by atoms with van der Waals surface area (Å²) in [6.45, 7) is 0.528. The van der Waals surface area contributed by atoms with E-state index < -0.39 is 0 Å². The lowest BCUT2D eigenvalue weighted by molar-refractivity contribution is 0.662. The summed E-state index contributed by atoms with van der Waals surface area (Å²) < 4.78 is 3.53. The number of aromatic nitrogens is 5. The zero-order valence-electron chi connectivity index (χ0n) is 17.5. The molecule has 3 aromatic carbocycles. The third-order valence-electron chi connectivity index (χ3n) is 5.80. The first-order chi connectivity index (χ1) is 16.2. The Morgan fingerprint density at radius 1 is 0.788 bits per heavy atom. The quantitative estimate of drug-likeness (QED) is 0.370. The predicted molar refractivity (Wildman–Crippen MR) is 131 cm³/mol. The van der Waals surface area contributed by atoms with E-state index in [4.69, 9.17) is 26.6 Å². The molecule has 6 aromatic rings. The first-order valence-corrected chi connectivity index (χ1v) is 11.0. The molecule has 0 radical (unpaired) electrons. The monoisotopic (exact) mass is 451 g/mol. The van der Waals surface area contributed by atoms with Crippen molar-refractivity contribution in [2.24, 2.45) is 0 Å². The van der Waals surface area contributed by atoms with E-state index in [1.807, 2.05) is 71.3 Å². The largest absolute Gasteiger partial charge is 0.298 e. The Morgan fingerprint density at radius 3 is 2.24 bits per heavy atom. The Morgan fingerprint density at radius 2 is 1.48 bits per heavy atom. The summed E-state index contributed by atoms with van der Waals surface area (Å²) in [6.07, 6.45) is 2.34. The maximum atomic E-state index is 13.6. The zero-order valence-corrected chi connectivity index (χ0v) is 18.3. The van der Waals surface area contributed by atoms with Gasteiger partial charge in [0.1, 0.15) is 10.9 Å². The van der Waals surface area contributed by atoms with Gasteiger partial charge in [-0.3, -0.25) is 13.9 Å². The van der Waals surface area contributed by atoms with Gasteiger partial charge in [-0.15, -0.1) is 0 Å². The Kier molecular flexibility index (Phi) is 4.66. The average Bonchev–Trinajstić information content (AvgIpc) is 3.17. The van der Waals surface area contributed by atoms with Crippen LogP contribution in [0.15, 0.2) is 90.0 Å². The number of fused-ring (bicyclic) bond motifs is 4. The third kappa shape index (κ3) is 3.36. The number of aryl methyl sites for hydroxylation is 2. The number of para-hydroxylation sites is 2. The molecule has 6 nitrogen and oxygen atoms in total. The topological polar surface area (TPSA) is 65.6 Å². The van der Waals surface area contributed by atoms with Crippen molar-refractivity contribution in [3.63, 3.8) is 0 Å². The van der Waals surface area contributed by atoms with Crippen LogP contribution in [0.4, 0.5) is 0 Å². The standard InChI is InChI=1S/C26H18ClN5O/c27-18-10-12-19(13-11-18)32-24-22(23-25(32)30-21-9-5-4-8-20(21)29-23)26(33)31(16-28-24)15-14-17-6-2-1-3-7-17/h1-13,16H,14-15H2. The highest BCUT2D eigenvalue weighted by molar-refractivity contribution is 6.30. The van der Waals surface area contributed by atoms with Crippen LogP contribution in [-0.4, -0.2) is 24.1 Å². The molecule has 0 bridgehead atoms. The number of hydrogen-bond donors (Lipinski definition) is 0. The van der Waals surface area contributed by atoms with Crippen LogP contribution < -0.4 is 5.56 Å². The van der Waals surface area contributed by atoms with Gasteiger partial charge >= 0.3 is 0 Å². The zero-order chi connectivity index (χ0) is 22.4. The number of benzene rings is 3. The van der Waals surface area contributed by atoms with E-state index in [-0.39, 0.29) is 5.56 Å². The van der Waals surface area contributed by atoms with Crippen molar-refractivity contribution in [2.45, 2.75) is 13.0 Å². The van der Waals surface area contributed by atoms with Crippen LogP contribution in [-0.2, 0) is 13.0 Å². The van der Waals surface area contributed by atoms with Crippen molar-refractivity contribution in [1.29, 1.82) is 0 Å². The van der Waals surface area contributed by atoms with Gasteiger partial charge in [0.05, 0.1) is 17.4 Å². The fourth-order valence-corrected chi connectivity index (χ4v) is 4.29. The van der Waals surface area contributed by atoms with E-state index in [1.54, 1.807) is 10.9 Å². The minimum Gasteiger partial charge on any atom is -0.298 e. The molecule has 0 spiro atoms. The summed E-state index contributed by atoms with van der Waals surface area (Å²) in [5.41, 5.74) is 5.02. The summed E-state index contributed by atoms with van der Waals surface area (Å²) in [4.78, 5) is 28.0. The fourth-order valence-electron chi connectivity index (χ4n) is 4.16. The van der Waals surface area contributed by atoms with Crippen molar-refractivity contribution < 1.29 is 0 Å². The van der Waals surface area contributed by atoms with Gasteiger partial charge in [0.2, 0.25) is 0 Å². The number of hydrogen-bond acceptors (Lipinski definition) is 4. The lowest BCUT2D eigenvalue weighted by atomic mass is 10.1. The second kappa shape index (κ2) is 7.83. The molecule has 160 valence electrons. The summed E-state index contributed by atoms with van der Waals surface area (Å²) >= 11 is 6.11. The fraction of sp³-hybridized carbons (Fsp3) is 0.0769. The summed E-state index contributed by atoms with van der Waals surface area (Å²) in [5, 5.41) is 1.10. The van der Waals surface area contributed by atoms with Gasteiger partial charge in [0.25, 0.3) is 5.56 Å². The van der Waals surface area contributed by atoms with Crippen LogP contribution >= 0.6 is 11.6 Å². The average molecular weight is 452 g/mol. The first-order valence-electron chi connectivity index (χ1n) is 10.7. The molecule has 0 unspecified atom stereocenters. The first kappa shape index (κ1) is 19.6. The maximum Gasteiger partial charge on any atom is 0.265 e. The Bertz CT molecular complexity index is 1690. The number of rotatable bonds is 4. The van der Waals surface area contributed by atoms with E-state index in [0.717, 1.165) is 23.1 Å². The third-order valence-corrected chi connectivity index (χ3v) is 6.05. The predicted octanol–water partition coefficient (Wildman–Crippen LogP) is 5.18. The van der Waals surface area contributed by atoms with Crippen LogP contribution in [0.2, 0.25) is 5.02 Å². The second-order valence-corrected chi connectivity index (χ2v) is 8.31. The smallest absolute Gasteiger partial charge is 0.265 e. The lowest BCUT2D eigenvalue weighted by Gasteiger charge is -2.08. The van der Waals surface area contributed by atoms with E-state index >= 15 is 0 Å². The van der Waals surface area contributed by atoms with Crippen molar-refractivity contribution in [1.82, 2.24) is 24.1 Å². The molecule has 7 heteroatoms. The molecular formula is C26H18ClN5O. The van der Waals surface area contributed by atoms with Crippen LogP contribution in [0.3, 0.4) is 0 Å². The second-order valence-electron chi connectivity index (χ2n) is 7.87. The van der Waals surface area contributed by atoms with E-state index in [9.17, 15) is 4.79 Å². The highest BCUT2D eigenvalue weighted by atomic mass is 35.5. The van der Waals surface area contributed by atoms with Gasteiger partial charge in [-0.1, -0.05) is 54.1 Å². The molecule has 33 heavy (non-hydrogen) atoms. The molecule has 0 amide bonds. The molecule has 6 rings (SSSR count). The summed E-state index contributed by atoms with van der Waals surface area (Å²) in [5.74, 6) is 0. The summed E-state index contributed by atoms with van der Waals surface area (Å²) in [6, 6.07) is 25.1. The molecule has 0 saturated carbocycles. The van der Waals surface area contributed by atoms with Crippen LogP contribution in [0.1, 0.15) is 5.56 Å². The van der Waals surface area contributed by atoms with Gasteiger partial charge in [-0.2, -0.15) is 0 Å². The molecule has 0 N–H and O–H groups in total. The van der Waals surface area contributed by atoms with Gasteiger partial charge in [-0.05, 0) is 48.4 Å². The molecule has 0 aliphatic carbocycles. The van der Waals surface area contributed by atoms with Gasteiger partial charge < -0.3 is 0 Å². The molecule has 3 heterocycles. The van der Waals surface area contributed by atoms with Crippen molar-refractivity contribution in [3.05, 3.63) is 106 Å². The number of nitrogens with zero attached hydrogens (tertiary/aromatic N) is 5. The minimum atomic E-state index is -0.127. The minimum absolute atomic E-state index is 0.127. The molecule has 0 fully saturated rings. The maximum absolute atomic E-state index is 13.6. The molecule has 0 aliphatic heterocycles. The Balaban J connectivity index is 1.61. The van der Waals surface area contributed by atoms with Crippen molar-refractivity contribution >= 4 is 44.8 Å². The van der Waals surface area contributed by atoms with Crippen LogP contribution in [0, 0.1) is 0 Å². The van der Waals surface area contributed by atoms with E-state index in [0.29, 0.717) is 33.8 Å². The van der Waals surface area contributed by atoms with Crippen LogP contribution in [0.5, 0.6) is 0 Å². The molecule has 0 saturated heterocycles. The Hall–Kier alpha value is -4.03. The molecule has 3 aromatic heterocycles. The summed E-state index contributed by atoms with van der Waals surface area (Å²) in [7, 11) is 0. The molecule has 0 atom stereocenters.